The molecule has 142 valence electrons. The van der Waals surface area contributed by atoms with Gasteiger partial charge in [0.2, 0.25) is 0 Å². The van der Waals surface area contributed by atoms with E-state index in [-0.39, 0.29) is 24.2 Å². The second-order valence-corrected chi connectivity index (χ2v) is 8.21. The maximum atomic E-state index is 12.4. The smallest absolute Gasteiger partial charge is 0.311 e. The van der Waals surface area contributed by atoms with Crippen molar-refractivity contribution >= 4 is 5.97 Å². The Kier molecular flexibility index (Phi) is 5.81. The first-order chi connectivity index (χ1) is 12.9. The zero-order valence-electron chi connectivity index (χ0n) is 16.6. The molecule has 2 aromatic carbocycles. The quantitative estimate of drug-likeness (QED) is 0.566. The second kappa shape index (κ2) is 8.10. The number of benzene rings is 2. The molecule has 0 N–H and O–H groups in total. The Morgan fingerprint density at radius 2 is 1.52 bits per heavy atom. The van der Waals surface area contributed by atoms with Gasteiger partial charge in [-0.2, -0.15) is 0 Å². The summed E-state index contributed by atoms with van der Waals surface area (Å²) in [5.74, 6) is -0.165. The van der Waals surface area contributed by atoms with Crippen molar-refractivity contribution in [2.24, 2.45) is 5.41 Å². The summed E-state index contributed by atoms with van der Waals surface area (Å²) in [6.45, 7) is 8.63. The molecule has 0 amide bonds. The van der Waals surface area contributed by atoms with Crippen molar-refractivity contribution in [2.45, 2.75) is 45.9 Å². The van der Waals surface area contributed by atoms with Crippen molar-refractivity contribution in [3.05, 3.63) is 83.9 Å². The summed E-state index contributed by atoms with van der Waals surface area (Å²) in [5.41, 5.74) is 1.98. The van der Waals surface area contributed by atoms with Gasteiger partial charge in [-0.15, -0.1) is 0 Å². The van der Waals surface area contributed by atoms with Crippen LogP contribution in [0, 0.1) is 5.41 Å². The topological polar surface area (TPSA) is 29.5 Å². The maximum Gasteiger partial charge on any atom is 0.311 e. The minimum atomic E-state index is -0.506. The van der Waals surface area contributed by atoms with Crippen LogP contribution in [-0.4, -0.2) is 29.6 Å². The van der Waals surface area contributed by atoms with Gasteiger partial charge in [-0.05, 0) is 44.9 Å². The van der Waals surface area contributed by atoms with E-state index in [4.69, 9.17) is 4.74 Å². The number of rotatable bonds is 4. The Morgan fingerprint density at radius 3 is 2.00 bits per heavy atom. The molecule has 1 aliphatic heterocycles. The molecule has 0 unspecified atom stereocenters. The minimum Gasteiger partial charge on any atom is -0.456 e. The number of esters is 1. The first-order valence-corrected chi connectivity index (χ1v) is 9.61. The van der Waals surface area contributed by atoms with Gasteiger partial charge in [0.05, 0.1) is 11.5 Å². The highest BCUT2D eigenvalue weighted by Gasteiger charge is 2.35. The van der Waals surface area contributed by atoms with Crippen LogP contribution >= 0.6 is 0 Å². The zero-order valence-corrected chi connectivity index (χ0v) is 16.6. The molecule has 3 rings (SSSR count). The van der Waals surface area contributed by atoms with E-state index in [9.17, 15) is 4.79 Å². The Hall–Kier alpha value is -2.39. The Bertz CT molecular complexity index is 738. The lowest BCUT2D eigenvalue weighted by Crippen LogP contribution is -2.48. The fourth-order valence-electron chi connectivity index (χ4n) is 3.46. The van der Waals surface area contributed by atoms with Gasteiger partial charge in [0.25, 0.3) is 0 Å². The molecule has 0 radical (unpaired) electrons. The first-order valence-electron chi connectivity index (χ1n) is 9.61. The Labute approximate surface area is 162 Å². The number of carbonyl (C=O) groups excluding carboxylic acids is 1. The predicted molar refractivity (Wildman–Crippen MR) is 109 cm³/mol. The second-order valence-electron chi connectivity index (χ2n) is 8.21. The van der Waals surface area contributed by atoms with Gasteiger partial charge in [-0.3, -0.25) is 9.69 Å². The number of hydrogen-bond acceptors (Lipinski definition) is 3. The lowest BCUT2D eigenvalue weighted by atomic mass is 9.93. The molecular formula is C24H29NO2. The Morgan fingerprint density at radius 1 is 1.00 bits per heavy atom. The first kappa shape index (κ1) is 19.4. The van der Waals surface area contributed by atoms with Crippen LogP contribution in [0.2, 0.25) is 0 Å². The van der Waals surface area contributed by atoms with Gasteiger partial charge in [-0.25, -0.2) is 0 Å². The van der Waals surface area contributed by atoms with E-state index in [1.165, 1.54) is 11.1 Å². The summed E-state index contributed by atoms with van der Waals surface area (Å²) in [5, 5.41) is 0. The third kappa shape index (κ3) is 4.48. The van der Waals surface area contributed by atoms with E-state index in [0.29, 0.717) is 0 Å². The third-order valence-electron chi connectivity index (χ3n) is 5.06. The maximum absolute atomic E-state index is 12.4. The van der Waals surface area contributed by atoms with Crippen LogP contribution in [0.25, 0.3) is 0 Å². The standard InChI is InChI=1S/C24H29NO2/c1-18-21(27-23(26)24(2,3)4)16-11-17-25(18)22(19-12-7-5-8-13-19)20-14-9-6-10-15-20/h5-16,18,21-22H,17H2,1-4H3/t18-,21-/m0/s1. The molecule has 0 fully saturated rings. The molecule has 2 atom stereocenters. The average Bonchev–Trinajstić information content (AvgIpc) is 2.66. The fourth-order valence-corrected chi connectivity index (χ4v) is 3.46. The predicted octanol–water partition coefficient (Wildman–Crippen LogP) is 4.99. The molecule has 0 saturated heterocycles. The van der Waals surface area contributed by atoms with Crippen LogP contribution in [0.3, 0.4) is 0 Å². The highest BCUT2D eigenvalue weighted by molar-refractivity contribution is 5.75. The van der Waals surface area contributed by atoms with Crippen LogP contribution in [0.5, 0.6) is 0 Å². The molecule has 27 heavy (non-hydrogen) atoms. The summed E-state index contributed by atoms with van der Waals surface area (Å²) >= 11 is 0. The lowest BCUT2D eigenvalue weighted by molar-refractivity contribution is -0.159. The normalized spacial score (nSPS) is 20.6. The highest BCUT2D eigenvalue weighted by Crippen LogP contribution is 2.33. The molecule has 1 heterocycles. The van der Waals surface area contributed by atoms with Crippen molar-refractivity contribution in [2.75, 3.05) is 6.54 Å². The number of hydrogen-bond donors (Lipinski definition) is 0. The van der Waals surface area contributed by atoms with E-state index in [1.807, 2.05) is 39.0 Å². The van der Waals surface area contributed by atoms with Gasteiger partial charge < -0.3 is 4.74 Å². The van der Waals surface area contributed by atoms with E-state index >= 15 is 0 Å². The highest BCUT2D eigenvalue weighted by atomic mass is 16.5. The molecule has 3 heteroatoms. The molecule has 0 saturated carbocycles. The van der Waals surface area contributed by atoms with Gasteiger partial charge in [-0.1, -0.05) is 66.7 Å². The summed E-state index contributed by atoms with van der Waals surface area (Å²) < 4.78 is 5.85. The monoisotopic (exact) mass is 363 g/mol. The van der Waals surface area contributed by atoms with Crippen LogP contribution in [0.4, 0.5) is 0 Å². The van der Waals surface area contributed by atoms with Gasteiger partial charge in [0, 0.05) is 12.6 Å². The molecule has 0 bridgehead atoms. The molecule has 0 spiro atoms. The number of nitrogens with zero attached hydrogens (tertiary/aromatic N) is 1. The van der Waals surface area contributed by atoms with Crippen molar-refractivity contribution in [1.29, 1.82) is 0 Å². The molecule has 1 aliphatic rings. The summed E-state index contributed by atoms with van der Waals surface area (Å²) in [7, 11) is 0. The molecule has 0 aromatic heterocycles. The van der Waals surface area contributed by atoms with Crippen molar-refractivity contribution < 1.29 is 9.53 Å². The summed E-state index contributed by atoms with van der Waals surface area (Å²) in [6, 6.07) is 21.2. The van der Waals surface area contributed by atoms with E-state index < -0.39 is 5.41 Å². The number of ether oxygens (including phenoxy) is 1. The molecule has 2 aromatic rings. The van der Waals surface area contributed by atoms with Crippen LogP contribution in [0.1, 0.15) is 44.9 Å². The Balaban J connectivity index is 1.91. The van der Waals surface area contributed by atoms with E-state index in [2.05, 4.69) is 66.4 Å². The summed E-state index contributed by atoms with van der Waals surface area (Å²) in [6.07, 6.45) is 3.89. The largest absolute Gasteiger partial charge is 0.456 e. The van der Waals surface area contributed by atoms with Gasteiger partial charge in [0.1, 0.15) is 6.10 Å². The van der Waals surface area contributed by atoms with Crippen LogP contribution in [-0.2, 0) is 9.53 Å². The zero-order chi connectivity index (χ0) is 19.4. The van der Waals surface area contributed by atoms with Crippen LogP contribution in [0.15, 0.2) is 72.8 Å². The molecular weight excluding hydrogens is 334 g/mol. The third-order valence-corrected chi connectivity index (χ3v) is 5.06. The van der Waals surface area contributed by atoms with Crippen molar-refractivity contribution in [3.63, 3.8) is 0 Å². The van der Waals surface area contributed by atoms with Gasteiger partial charge in [0.15, 0.2) is 0 Å². The minimum absolute atomic E-state index is 0.0757. The fraction of sp³-hybridized carbons (Fsp3) is 0.375. The SMILES string of the molecule is C[C@H]1[C@@H](OC(=O)C(C)(C)C)C=CCN1C(c1ccccc1)c1ccccc1. The molecule has 0 aliphatic carbocycles. The van der Waals surface area contributed by atoms with Crippen molar-refractivity contribution in [3.8, 4) is 0 Å². The summed E-state index contributed by atoms with van der Waals surface area (Å²) in [4.78, 5) is 14.8. The number of carbonyl (C=O) groups is 1. The van der Waals surface area contributed by atoms with E-state index in [0.717, 1.165) is 6.54 Å². The van der Waals surface area contributed by atoms with Crippen molar-refractivity contribution in [1.82, 2.24) is 4.90 Å². The molecule has 3 nitrogen and oxygen atoms in total. The van der Waals surface area contributed by atoms with Crippen LogP contribution < -0.4 is 0 Å². The lowest BCUT2D eigenvalue weighted by Gasteiger charge is -2.41. The van der Waals surface area contributed by atoms with E-state index in [1.54, 1.807) is 0 Å². The average molecular weight is 364 g/mol. The van der Waals surface area contributed by atoms with Gasteiger partial charge >= 0.3 is 5.97 Å².